The van der Waals surface area contributed by atoms with Crippen molar-refractivity contribution in [3.8, 4) is 0 Å². The van der Waals surface area contributed by atoms with Crippen molar-refractivity contribution in [2.45, 2.75) is 42.3 Å². The maximum Gasteiger partial charge on any atom is 0.411 e. The number of fused-ring (bicyclic) bond motifs is 3. The average molecular weight is 427 g/mol. The Hall–Kier alpha value is -2.54. The van der Waals surface area contributed by atoms with E-state index in [2.05, 4.69) is 12.1 Å². The number of hydrogen-bond donors (Lipinski definition) is 0. The van der Waals surface area contributed by atoms with Gasteiger partial charge in [0.25, 0.3) is 0 Å². The summed E-state index contributed by atoms with van der Waals surface area (Å²) in [6, 6.07) is 14.5. The number of hydrogen-bond acceptors (Lipinski definition) is 4. The SMILES string of the molecule is O=C(CSc1ccc(F)cc1)N1CCC(N2C(=O)OC3Cc4ccccc4C32)CC1. The maximum absolute atomic E-state index is 13.0. The van der Waals surface area contributed by atoms with Gasteiger partial charge in [-0.3, -0.25) is 9.69 Å². The molecule has 0 saturated carbocycles. The van der Waals surface area contributed by atoms with Crippen molar-refractivity contribution >= 4 is 23.8 Å². The highest BCUT2D eigenvalue weighted by Crippen LogP contribution is 2.44. The third kappa shape index (κ3) is 3.55. The van der Waals surface area contributed by atoms with Gasteiger partial charge in [-0.1, -0.05) is 24.3 Å². The molecule has 0 radical (unpaired) electrons. The van der Waals surface area contributed by atoms with E-state index in [1.807, 2.05) is 21.9 Å². The first-order chi connectivity index (χ1) is 14.6. The van der Waals surface area contributed by atoms with Crippen molar-refractivity contribution in [1.29, 1.82) is 0 Å². The number of thioether (sulfide) groups is 1. The molecule has 2 fully saturated rings. The van der Waals surface area contributed by atoms with Gasteiger partial charge in [0, 0.05) is 30.4 Å². The summed E-state index contributed by atoms with van der Waals surface area (Å²) in [4.78, 5) is 29.9. The van der Waals surface area contributed by atoms with Crippen molar-refractivity contribution in [1.82, 2.24) is 9.80 Å². The van der Waals surface area contributed by atoms with Gasteiger partial charge in [-0.05, 0) is 48.2 Å². The van der Waals surface area contributed by atoms with Gasteiger partial charge in [0.15, 0.2) is 0 Å². The van der Waals surface area contributed by atoms with Gasteiger partial charge < -0.3 is 9.64 Å². The molecule has 30 heavy (non-hydrogen) atoms. The molecule has 2 atom stereocenters. The standard InChI is InChI=1S/C23H23FN2O3S/c24-16-5-7-18(8-6-16)30-14-21(27)25-11-9-17(10-12-25)26-22-19-4-2-1-3-15(19)13-20(22)29-23(26)28/h1-8,17,20,22H,9-14H2. The number of carbonyl (C=O) groups is 2. The lowest BCUT2D eigenvalue weighted by Gasteiger charge is -2.38. The number of likely N-dealkylation sites (tertiary alicyclic amines) is 1. The van der Waals surface area contributed by atoms with Crippen LogP contribution in [0, 0.1) is 5.82 Å². The molecule has 156 valence electrons. The zero-order chi connectivity index (χ0) is 20.7. The number of benzene rings is 2. The molecule has 2 unspecified atom stereocenters. The first kappa shape index (κ1) is 19.4. The lowest BCUT2D eigenvalue weighted by molar-refractivity contribution is -0.129. The topological polar surface area (TPSA) is 49.9 Å². The predicted molar refractivity (Wildman–Crippen MR) is 112 cm³/mol. The van der Waals surface area contributed by atoms with Crippen LogP contribution in [-0.4, -0.2) is 52.8 Å². The number of halogens is 1. The Morgan fingerprint density at radius 3 is 2.60 bits per heavy atom. The fourth-order valence-corrected chi connectivity index (χ4v) is 5.61. The molecular formula is C23H23FN2O3S. The molecular weight excluding hydrogens is 403 g/mol. The van der Waals surface area contributed by atoms with Crippen molar-refractivity contribution in [3.05, 3.63) is 65.5 Å². The minimum Gasteiger partial charge on any atom is -0.443 e. The Morgan fingerprint density at radius 2 is 1.83 bits per heavy atom. The fraction of sp³-hybridized carbons (Fsp3) is 0.391. The second-order valence-corrected chi connectivity index (χ2v) is 9.08. The van der Waals surface area contributed by atoms with E-state index < -0.39 is 0 Å². The molecule has 3 aliphatic rings. The van der Waals surface area contributed by atoms with Crippen LogP contribution < -0.4 is 0 Å². The van der Waals surface area contributed by atoms with Crippen LogP contribution in [0.15, 0.2) is 53.4 Å². The van der Waals surface area contributed by atoms with E-state index >= 15 is 0 Å². The Kier molecular flexibility index (Phi) is 5.15. The van der Waals surface area contributed by atoms with Crippen molar-refractivity contribution < 1.29 is 18.7 Å². The quantitative estimate of drug-likeness (QED) is 0.693. The molecule has 7 heteroatoms. The Bertz CT molecular complexity index is 959. The second kappa shape index (κ2) is 7.95. The highest BCUT2D eigenvalue weighted by Gasteiger charge is 2.50. The number of ether oxygens (including phenoxy) is 1. The van der Waals surface area contributed by atoms with Crippen LogP contribution in [0.1, 0.15) is 30.0 Å². The predicted octanol–water partition coefficient (Wildman–Crippen LogP) is 4.03. The molecule has 2 saturated heterocycles. The van der Waals surface area contributed by atoms with Gasteiger partial charge in [-0.2, -0.15) is 0 Å². The largest absolute Gasteiger partial charge is 0.443 e. The van der Waals surface area contributed by atoms with Crippen LogP contribution in [0.3, 0.4) is 0 Å². The van der Waals surface area contributed by atoms with E-state index in [0.29, 0.717) is 18.8 Å². The molecule has 0 N–H and O–H groups in total. The maximum atomic E-state index is 13.0. The summed E-state index contributed by atoms with van der Waals surface area (Å²) in [5, 5.41) is 0. The summed E-state index contributed by atoms with van der Waals surface area (Å²) in [6.07, 6.45) is 1.97. The monoisotopic (exact) mass is 426 g/mol. The van der Waals surface area contributed by atoms with Gasteiger partial charge in [0.05, 0.1) is 11.8 Å². The zero-order valence-electron chi connectivity index (χ0n) is 16.5. The van der Waals surface area contributed by atoms with E-state index in [4.69, 9.17) is 4.74 Å². The summed E-state index contributed by atoms with van der Waals surface area (Å²) in [7, 11) is 0. The molecule has 2 heterocycles. The number of carbonyl (C=O) groups excluding carboxylic acids is 2. The van der Waals surface area contributed by atoms with Crippen molar-refractivity contribution in [2.75, 3.05) is 18.8 Å². The molecule has 0 aromatic heterocycles. The van der Waals surface area contributed by atoms with Gasteiger partial charge >= 0.3 is 6.09 Å². The highest BCUT2D eigenvalue weighted by molar-refractivity contribution is 8.00. The molecule has 2 aromatic carbocycles. The van der Waals surface area contributed by atoms with Gasteiger partial charge in [-0.15, -0.1) is 11.8 Å². The Morgan fingerprint density at radius 1 is 1.10 bits per heavy atom. The first-order valence-electron chi connectivity index (χ1n) is 10.3. The number of rotatable bonds is 4. The van der Waals surface area contributed by atoms with Crippen LogP contribution in [0.5, 0.6) is 0 Å². The minimum absolute atomic E-state index is 0.00465. The lowest BCUT2D eigenvalue weighted by atomic mass is 9.99. The van der Waals surface area contributed by atoms with Crippen LogP contribution >= 0.6 is 11.8 Å². The summed E-state index contributed by atoms with van der Waals surface area (Å²) in [5.41, 5.74) is 2.46. The van der Waals surface area contributed by atoms with Gasteiger partial charge in [0.1, 0.15) is 11.9 Å². The Balaban J connectivity index is 1.19. The first-order valence-corrected chi connectivity index (χ1v) is 11.3. The minimum atomic E-state index is -0.277. The zero-order valence-corrected chi connectivity index (χ0v) is 17.3. The average Bonchev–Trinajstić information content (AvgIpc) is 3.27. The van der Waals surface area contributed by atoms with E-state index in [1.54, 1.807) is 12.1 Å². The second-order valence-electron chi connectivity index (χ2n) is 8.03. The molecule has 2 aromatic rings. The smallest absolute Gasteiger partial charge is 0.411 e. The third-order valence-electron chi connectivity index (χ3n) is 6.30. The third-order valence-corrected chi connectivity index (χ3v) is 7.29. The van der Waals surface area contributed by atoms with Gasteiger partial charge in [0.2, 0.25) is 5.91 Å². The van der Waals surface area contributed by atoms with E-state index in [-0.39, 0.29) is 36.0 Å². The van der Waals surface area contributed by atoms with Crippen LogP contribution in [0.25, 0.3) is 0 Å². The van der Waals surface area contributed by atoms with Crippen LogP contribution in [0.4, 0.5) is 9.18 Å². The van der Waals surface area contributed by atoms with E-state index in [0.717, 1.165) is 24.2 Å². The molecule has 2 amide bonds. The normalized spacial score (nSPS) is 23.3. The van der Waals surface area contributed by atoms with E-state index in [1.165, 1.54) is 35.0 Å². The summed E-state index contributed by atoms with van der Waals surface area (Å²) in [5.74, 6) is 0.135. The van der Waals surface area contributed by atoms with Crippen molar-refractivity contribution in [3.63, 3.8) is 0 Å². The van der Waals surface area contributed by atoms with Gasteiger partial charge in [-0.25, -0.2) is 9.18 Å². The lowest BCUT2D eigenvalue weighted by Crippen LogP contribution is -2.48. The fourth-order valence-electron chi connectivity index (χ4n) is 4.81. The van der Waals surface area contributed by atoms with Crippen LogP contribution in [-0.2, 0) is 16.0 Å². The molecule has 1 aliphatic carbocycles. The summed E-state index contributed by atoms with van der Waals surface area (Å²) in [6.45, 7) is 1.27. The number of piperidine rings is 1. The number of nitrogens with zero attached hydrogens (tertiary/aromatic N) is 2. The molecule has 0 spiro atoms. The molecule has 5 rings (SSSR count). The van der Waals surface area contributed by atoms with Crippen molar-refractivity contribution in [2.24, 2.45) is 0 Å². The Labute approximate surface area is 179 Å². The summed E-state index contributed by atoms with van der Waals surface area (Å²) >= 11 is 1.42. The number of amides is 2. The van der Waals surface area contributed by atoms with E-state index in [9.17, 15) is 14.0 Å². The molecule has 2 aliphatic heterocycles. The van der Waals surface area contributed by atoms with Crippen LogP contribution in [0.2, 0.25) is 0 Å². The molecule has 0 bridgehead atoms. The highest BCUT2D eigenvalue weighted by atomic mass is 32.2. The summed E-state index contributed by atoms with van der Waals surface area (Å²) < 4.78 is 18.7. The molecule has 5 nitrogen and oxygen atoms in total.